The molecule has 1 aromatic heterocycles. The maximum atomic E-state index is 12.8. The highest BCUT2D eigenvalue weighted by Crippen LogP contribution is 2.32. The highest BCUT2D eigenvalue weighted by atomic mass is 16.3. The van der Waals surface area contributed by atoms with Crippen LogP contribution in [0, 0.1) is 19.8 Å². The van der Waals surface area contributed by atoms with Crippen LogP contribution in [-0.2, 0) is 0 Å². The van der Waals surface area contributed by atoms with Gasteiger partial charge in [0.1, 0.15) is 0 Å². The van der Waals surface area contributed by atoms with E-state index in [4.69, 9.17) is 0 Å². The third-order valence-electron chi connectivity index (χ3n) is 4.89. The molecule has 0 saturated heterocycles. The van der Waals surface area contributed by atoms with Gasteiger partial charge < -0.3 is 10.4 Å². The predicted octanol–water partition coefficient (Wildman–Crippen LogP) is 3.13. The summed E-state index contributed by atoms with van der Waals surface area (Å²) in [6, 6.07) is 7.92. The van der Waals surface area contributed by atoms with Crippen molar-refractivity contribution in [3.05, 3.63) is 41.1 Å². The van der Waals surface area contributed by atoms with Gasteiger partial charge in [-0.15, -0.1) is 0 Å². The lowest BCUT2D eigenvalue weighted by molar-refractivity contribution is 0.0233. The molecule has 1 saturated carbocycles. The number of aromatic nitrogens is 1. The number of pyridine rings is 1. The number of nitrogens with zero attached hydrogens (tertiary/aromatic N) is 1. The largest absolute Gasteiger partial charge is 0.393 e. The van der Waals surface area contributed by atoms with Gasteiger partial charge in [-0.25, -0.2) is 0 Å². The molecule has 122 valence electrons. The molecule has 1 amide bonds. The predicted molar refractivity (Wildman–Crippen MR) is 91.5 cm³/mol. The molecule has 0 aliphatic heterocycles. The maximum absolute atomic E-state index is 12.8. The Balaban J connectivity index is 1.90. The lowest BCUT2D eigenvalue weighted by atomic mass is 9.76. The Morgan fingerprint density at radius 3 is 2.78 bits per heavy atom. The second-order valence-corrected chi connectivity index (χ2v) is 6.66. The van der Waals surface area contributed by atoms with E-state index in [0.717, 1.165) is 41.4 Å². The number of aryl methyl sites for hydroxylation is 2. The zero-order valence-corrected chi connectivity index (χ0v) is 14.0. The minimum absolute atomic E-state index is 0.0423. The zero-order chi connectivity index (χ0) is 16.6. The number of para-hydroxylation sites is 1. The van der Waals surface area contributed by atoms with Gasteiger partial charge >= 0.3 is 0 Å². The molecule has 0 spiro atoms. The summed E-state index contributed by atoms with van der Waals surface area (Å²) in [5.41, 5.74) is 3.51. The van der Waals surface area contributed by atoms with Gasteiger partial charge in [0.2, 0.25) is 0 Å². The van der Waals surface area contributed by atoms with Crippen molar-refractivity contribution in [3.8, 4) is 0 Å². The van der Waals surface area contributed by atoms with Gasteiger partial charge in [-0.05, 0) is 50.7 Å². The highest BCUT2D eigenvalue weighted by Gasteiger charge is 2.34. The first-order valence-electron chi connectivity index (χ1n) is 8.35. The van der Waals surface area contributed by atoms with E-state index in [-0.39, 0.29) is 18.1 Å². The van der Waals surface area contributed by atoms with Gasteiger partial charge in [-0.3, -0.25) is 9.78 Å². The number of nitrogens with one attached hydrogen (secondary N) is 1. The minimum Gasteiger partial charge on any atom is -0.393 e. The SMILES string of the molecule is CC[C@@H](NC(=O)c1cc(C)nc2c(C)cccc12)C1CC(O)C1. The topological polar surface area (TPSA) is 62.2 Å². The van der Waals surface area contributed by atoms with Crippen LogP contribution < -0.4 is 5.32 Å². The monoisotopic (exact) mass is 312 g/mol. The summed E-state index contributed by atoms with van der Waals surface area (Å²) in [4.78, 5) is 17.4. The molecule has 1 heterocycles. The third kappa shape index (κ3) is 3.08. The number of hydrogen-bond acceptors (Lipinski definition) is 3. The van der Waals surface area contributed by atoms with Crippen molar-refractivity contribution in [2.75, 3.05) is 0 Å². The van der Waals surface area contributed by atoms with E-state index in [1.165, 1.54) is 0 Å². The van der Waals surface area contributed by atoms with Crippen molar-refractivity contribution in [2.45, 2.75) is 52.2 Å². The Kier molecular flexibility index (Phi) is 4.35. The molecule has 0 unspecified atom stereocenters. The van der Waals surface area contributed by atoms with E-state index in [0.29, 0.717) is 11.5 Å². The standard InChI is InChI=1S/C19H24N2O2/c1-4-17(13-9-14(22)10-13)21-19(23)16-8-12(3)20-18-11(2)6-5-7-15(16)18/h5-8,13-14,17,22H,4,9-10H2,1-3H3,(H,21,23)/t13?,14?,17-/m1/s1. The molecule has 1 aliphatic carbocycles. The molecule has 3 rings (SSSR count). The van der Waals surface area contributed by atoms with Crippen LogP contribution in [-0.4, -0.2) is 28.1 Å². The third-order valence-corrected chi connectivity index (χ3v) is 4.89. The van der Waals surface area contributed by atoms with E-state index >= 15 is 0 Å². The zero-order valence-electron chi connectivity index (χ0n) is 14.0. The van der Waals surface area contributed by atoms with Crippen LogP contribution in [0.25, 0.3) is 10.9 Å². The Morgan fingerprint density at radius 2 is 2.13 bits per heavy atom. The molecule has 4 nitrogen and oxygen atoms in total. The van der Waals surface area contributed by atoms with E-state index < -0.39 is 0 Å². The lowest BCUT2D eigenvalue weighted by Gasteiger charge is -2.37. The summed E-state index contributed by atoms with van der Waals surface area (Å²) in [6.45, 7) is 6.01. The Labute approximate surface area is 136 Å². The quantitative estimate of drug-likeness (QED) is 0.912. The van der Waals surface area contributed by atoms with Crippen LogP contribution in [0.2, 0.25) is 0 Å². The van der Waals surface area contributed by atoms with Crippen LogP contribution >= 0.6 is 0 Å². The van der Waals surface area contributed by atoms with Gasteiger partial charge in [0.25, 0.3) is 5.91 Å². The Morgan fingerprint density at radius 1 is 1.39 bits per heavy atom. The molecular weight excluding hydrogens is 288 g/mol. The number of carbonyl (C=O) groups excluding carboxylic acids is 1. The van der Waals surface area contributed by atoms with Gasteiger partial charge in [0, 0.05) is 17.1 Å². The van der Waals surface area contributed by atoms with Crippen molar-refractivity contribution >= 4 is 16.8 Å². The Hall–Kier alpha value is -1.94. The number of rotatable bonds is 4. The van der Waals surface area contributed by atoms with Gasteiger partial charge in [-0.2, -0.15) is 0 Å². The van der Waals surface area contributed by atoms with Crippen molar-refractivity contribution in [1.29, 1.82) is 0 Å². The van der Waals surface area contributed by atoms with Gasteiger partial charge in [0.15, 0.2) is 0 Å². The van der Waals surface area contributed by atoms with Gasteiger partial charge in [-0.1, -0.05) is 25.1 Å². The average molecular weight is 312 g/mol. The molecule has 2 N–H and O–H groups in total. The molecule has 4 heteroatoms. The van der Waals surface area contributed by atoms with Crippen molar-refractivity contribution in [2.24, 2.45) is 5.92 Å². The number of aliphatic hydroxyl groups is 1. The molecule has 23 heavy (non-hydrogen) atoms. The molecular formula is C19H24N2O2. The molecule has 2 aromatic rings. The number of fused-ring (bicyclic) bond motifs is 1. The first-order valence-corrected chi connectivity index (χ1v) is 8.35. The van der Waals surface area contributed by atoms with E-state index in [9.17, 15) is 9.90 Å². The molecule has 0 bridgehead atoms. The number of hydrogen-bond donors (Lipinski definition) is 2. The Bertz CT molecular complexity index is 735. The molecule has 1 aromatic carbocycles. The summed E-state index contributed by atoms with van der Waals surface area (Å²) in [7, 11) is 0. The van der Waals surface area contributed by atoms with Crippen LogP contribution in [0.3, 0.4) is 0 Å². The normalized spacial score (nSPS) is 21.7. The fraction of sp³-hybridized carbons (Fsp3) is 0.474. The number of benzene rings is 1. The van der Waals surface area contributed by atoms with Gasteiger partial charge in [0.05, 0.1) is 17.2 Å². The summed E-state index contributed by atoms with van der Waals surface area (Å²) in [6.07, 6.45) is 2.25. The van der Waals surface area contributed by atoms with E-state index in [1.54, 1.807) is 0 Å². The summed E-state index contributed by atoms with van der Waals surface area (Å²) in [5.74, 6) is 0.342. The molecule has 1 fully saturated rings. The second kappa shape index (κ2) is 6.28. The summed E-state index contributed by atoms with van der Waals surface area (Å²) < 4.78 is 0. The average Bonchev–Trinajstić information content (AvgIpc) is 2.50. The number of amides is 1. The highest BCUT2D eigenvalue weighted by molar-refractivity contribution is 6.06. The molecule has 1 aliphatic rings. The fourth-order valence-corrected chi connectivity index (χ4v) is 3.47. The first-order chi connectivity index (χ1) is 11.0. The summed E-state index contributed by atoms with van der Waals surface area (Å²) >= 11 is 0. The second-order valence-electron chi connectivity index (χ2n) is 6.66. The van der Waals surface area contributed by atoms with Crippen molar-refractivity contribution in [3.63, 3.8) is 0 Å². The van der Waals surface area contributed by atoms with E-state index in [1.807, 2.05) is 38.1 Å². The van der Waals surface area contributed by atoms with Crippen LogP contribution in [0.1, 0.15) is 47.8 Å². The van der Waals surface area contributed by atoms with Crippen molar-refractivity contribution < 1.29 is 9.90 Å². The number of aliphatic hydroxyl groups excluding tert-OH is 1. The summed E-state index contributed by atoms with van der Waals surface area (Å²) in [5, 5.41) is 13.6. The molecule has 0 radical (unpaired) electrons. The molecule has 1 atom stereocenters. The van der Waals surface area contributed by atoms with Crippen molar-refractivity contribution in [1.82, 2.24) is 10.3 Å². The van der Waals surface area contributed by atoms with Crippen LogP contribution in [0.4, 0.5) is 0 Å². The number of carbonyl (C=O) groups is 1. The smallest absolute Gasteiger partial charge is 0.252 e. The van der Waals surface area contributed by atoms with Crippen LogP contribution in [0.15, 0.2) is 24.3 Å². The first kappa shape index (κ1) is 15.9. The minimum atomic E-state index is -0.197. The fourth-order valence-electron chi connectivity index (χ4n) is 3.47. The van der Waals surface area contributed by atoms with E-state index in [2.05, 4.69) is 17.2 Å². The maximum Gasteiger partial charge on any atom is 0.252 e. The lowest BCUT2D eigenvalue weighted by Crippen LogP contribution is -2.46. The van der Waals surface area contributed by atoms with Crippen LogP contribution in [0.5, 0.6) is 0 Å².